The predicted octanol–water partition coefficient (Wildman–Crippen LogP) is 1.95. The lowest BCUT2D eigenvalue weighted by molar-refractivity contribution is 0.100. The molecule has 1 atom stereocenters. The van der Waals surface area contributed by atoms with Gasteiger partial charge in [-0.2, -0.15) is 11.8 Å². The van der Waals surface area contributed by atoms with Crippen LogP contribution in [0.3, 0.4) is 0 Å². The third-order valence-electron chi connectivity index (χ3n) is 3.07. The number of thioether (sulfide) groups is 1. The number of primary amides is 1. The van der Waals surface area contributed by atoms with E-state index in [1.54, 1.807) is 12.1 Å². The van der Waals surface area contributed by atoms with Gasteiger partial charge in [-0.25, -0.2) is 0 Å². The van der Waals surface area contributed by atoms with E-state index < -0.39 is 5.91 Å². The van der Waals surface area contributed by atoms with Crippen LogP contribution >= 0.6 is 11.8 Å². The van der Waals surface area contributed by atoms with Crippen molar-refractivity contribution in [1.29, 1.82) is 0 Å². The van der Waals surface area contributed by atoms with Crippen LogP contribution in [0.1, 0.15) is 23.7 Å². The number of hydrogen-bond donors (Lipinski definition) is 2. The molecular formula is C13H21N3OS. The molecular weight excluding hydrogens is 246 g/mol. The van der Waals surface area contributed by atoms with Crippen molar-refractivity contribution in [3.63, 3.8) is 0 Å². The summed E-state index contributed by atoms with van der Waals surface area (Å²) in [7, 11) is 1.98. The quantitative estimate of drug-likeness (QED) is 0.773. The molecule has 0 aliphatic rings. The fourth-order valence-corrected chi connectivity index (χ4v) is 2.35. The van der Waals surface area contributed by atoms with Crippen molar-refractivity contribution >= 4 is 29.0 Å². The summed E-state index contributed by atoms with van der Waals surface area (Å²) in [6.45, 7) is 2.14. The minimum Gasteiger partial charge on any atom is -0.399 e. The van der Waals surface area contributed by atoms with Crippen LogP contribution in [0.2, 0.25) is 0 Å². The Morgan fingerprint density at radius 1 is 1.50 bits per heavy atom. The first kappa shape index (κ1) is 14.7. The van der Waals surface area contributed by atoms with Crippen LogP contribution in [0.15, 0.2) is 18.2 Å². The molecule has 100 valence electrons. The van der Waals surface area contributed by atoms with Crippen LogP contribution in [0.4, 0.5) is 11.4 Å². The van der Waals surface area contributed by atoms with Gasteiger partial charge in [-0.05, 0) is 43.6 Å². The van der Waals surface area contributed by atoms with Crippen molar-refractivity contribution in [3.05, 3.63) is 23.8 Å². The average molecular weight is 267 g/mol. The number of hydrogen-bond acceptors (Lipinski definition) is 4. The van der Waals surface area contributed by atoms with Crippen LogP contribution in [-0.2, 0) is 0 Å². The van der Waals surface area contributed by atoms with Gasteiger partial charge < -0.3 is 16.4 Å². The zero-order valence-corrected chi connectivity index (χ0v) is 12.0. The summed E-state index contributed by atoms with van der Waals surface area (Å²) in [5.41, 5.74) is 13.0. The Morgan fingerprint density at radius 3 is 2.72 bits per heavy atom. The molecule has 0 saturated carbocycles. The Kier molecular flexibility index (Phi) is 5.34. The van der Waals surface area contributed by atoms with Crippen molar-refractivity contribution in [2.45, 2.75) is 19.4 Å². The van der Waals surface area contributed by atoms with E-state index in [0.29, 0.717) is 17.3 Å². The van der Waals surface area contributed by atoms with Gasteiger partial charge in [-0.15, -0.1) is 0 Å². The summed E-state index contributed by atoms with van der Waals surface area (Å²) < 4.78 is 0. The molecule has 0 fully saturated rings. The van der Waals surface area contributed by atoms with E-state index in [1.165, 1.54) is 0 Å². The van der Waals surface area contributed by atoms with Gasteiger partial charge in [0.15, 0.2) is 0 Å². The highest BCUT2D eigenvalue weighted by atomic mass is 32.2. The summed E-state index contributed by atoms with van der Waals surface area (Å²) in [5.74, 6) is 0.646. The number of nitrogen functional groups attached to an aromatic ring is 1. The fraction of sp³-hybridized carbons (Fsp3) is 0.462. The first-order chi connectivity index (χ1) is 8.47. The third-order valence-corrected chi connectivity index (χ3v) is 3.71. The van der Waals surface area contributed by atoms with Gasteiger partial charge in [-0.3, -0.25) is 4.79 Å². The maximum atomic E-state index is 11.5. The molecule has 0 aromatic heterocycles. The van der Waals surface area contributed by atoms with Crippen molar-refractivity contribution in [1.82, 2.24) is 0 Å². The molecule has 0 saturated heterocycles. The Morgan fingerprint density at radius 2 is 2.17 bits per heavy atom. The molecule has 4 N–H and O–H groups in total. The minimum absolute atomic E-state index is 0.346. The molecule has 0 heterocycles. The second-order valence-electron chi connectivity index (χ2n) is 4.38. The zero-order chi connectivity index (χ0) is 13.7. The van der Waals surface area contributed by atoms with E-state index in [2.05, 4.69) is 18.1 Å². The van der Waals surface area contributed by atoms with E-state index in [9.17, 15) is 4.79 Å². The van der Waals surface area contributed by atoms with Gasteiger partial charge in [0, 0.05) is 24.5 Å². The Hall–Kier alpha value is -1.36. The SMILES string of the molecule is CSCCC(C)N(C)c1ccc(N)cc1C(N)=O. The highest BCUT2D eigenvalue weighted by Crippen LogP contribution is 2.24. The topological polar surface area (TPSA) is 72.3 Å². The summed E-state index contributed by atoms with van der Waals surface area (Å²) in [4.78, 5) is 13.5. The maximum absolute atomic E-state index is 11.5. The van der Waals surface area contributed by atoms with E-state index in [-0.39, 0.29) is 0 Å². The van der Waals surface area contributed by atoms with Crippen molar-refractivity contribution in [2.75, 3.05) is 29.7 Å². The maximum Gasteiger partial charge on any atom is 0.250 e. The molecule has 1 aromatic rings. The van der Waals surface area contributed by atoms with Crippen molar-refractivity contribution in [3.8, 4) is 0 Å². The summed E-state index contributed by atoms with van der Waals surface area (Å²) in [6.07, 6.45) is 3.14. The van der Waals surface area contributed by atoms with Gasteiger partial charge >= 0.3 is 0 Å². The second kappa shape index (κ2) is 6.54. The summed E-state index contributed by atoms with van der Waals surface area (Å²) >= 11 is 1.82. The molecule has 1 rings (SSSR count). The highest BCUT2D eigenvalue weighted by Gasteiger charge is 2.16. The van der Waals surface area contributed by atoms with Gasteiger partial charge in [0.25, 0.3) is 5.91 Å². The lowest BCUT2D eigenvalue weighted by Crippen LogP contribution is -2.31. The van der Waals surface area contributed by atoms with Crippen LogP contribution in [-0.4, -0.2) is 31.0 Å². The first-order valence-corrected chi connectivity index (χ1v) is 7.27. The number of nitrogens with two attached hydrogens (primary N) is 2. The van der Waals surface area contributed by atoms with Crippen LogP contribution in [0.5, 0.6) is 0 Å². The van der Waals surface area contributed by atoms with Crippen LogP contribution in [0.25, 0.3) is 0 Å². The fourth-order valence-electron chi connectivity index (χ4n) is 1.78. The lowest BCUT2D eigenvalue weighted by Gasteiger charge is -2.28. The Labute approximate surface area is 113 Å². The van der Waals surface area contributed by atoms with E-state index in [1.807, 2.05) is 24.9 Å². The molecule has 0 aliphatic carbocycles. The molecule has 4 nitrogen and oxygen atoms in total. The van der Waals surface area contributed by atoms with Gasteiger partial charge in [0.1, 0.15) is 0 Å². The molecule has 1 unspecified atom stereocenters. The lowest BCUT2D eigenvalue weighted by atomic mass is 10.1. The monoisotopic (exact) mass is 267 g/mol. The summed E-state index contributed by atoms with van der Waals surface area (Å²) in [6, 6.07) is 5.62. The average Bonchev–Trinajstić information content (AvgIpc) is 2.34. The Balaban J connectivity index is 2.97. The molecule has 0 spiro atoms. The van der Waals surface area contributed by atoms with E-state index in [0.717, 1.165) is 17.9 Å². The predicted molar refractivity (Wildman–Crippen MR) is 80.2 cm³/mol. The van der Waals surface area contributed by atoms with Gasteiger partial charge in [-0.1, -0.05) is 0 Å². The molecule has 0 aliphatic heterocycles. The van der Waals surface area contributed by atoms with E-state index in [4.69, 9.17) is 11.5 Å². The molecule has 1 aromatic carbocycles. The molecule has 1 amide bonds. The number of nitrogens with zero attached hydrogens (tertiary/aromatic N) is 1. The van der Waals surface area contributed by atoms with Crippen molar-refractivity contribution in [2.24, 2.45) is 5.73 Å². The molecule has 18 heavy (non-hydrogen) atoms. The number of carbonyl (C=O) groups is 1. The smallest absolute Gasteiger partial charge is 0.250 e. The van der Waals surface area contributed by atoms with Crippen molar-refractivity contribution < 1.29 is 4.79 Å². The van der Waals surface area contributed by atoms with Gasteiger partial charge in [0.05, 0.1) is 5.56 Å². The normalized spacial score (nSPS) is 12.2. The van der Waals surface area contributed by atoms with E-state index >= 15 is 0 Å². The van der Waals surface area contributed by atoms with Crippen LogP contribution in [0, 0.1) is 0 Å². The van der Waals surface area contributed by atoms with Gasteiger partial charge in [0.2, 0.25) is 0 Å². The van der Waals surface area contributed by atoms with Crippen LogP contribution < -0.4 is 16.4 Å². The number of benzene rings is 1. The highest BCUT2D eigenvalue weighted by molar-refractivity contribution is 7.98. The number of rotatable bonds is 6. The first-order valence-electron chi connectivity index (χ1n) is 5.88. The Bertz CT molecular complexity index is 423. The number of anilines is 2. The molecule has 0 radical (unpaired) electrons. The molecule has 0 bridgehead atoms. The molecule has 5 heteroatoms. The zero-order valence-electron chi connectivity index (χ0n) is 11.1. The standard InChI is InChI=1S/C13H21N3OS/c1-9(6-7-18-3)16(2)12-5-4-10(14)8-11(12)13(15)17/h4-5,8-9H,6-7,14H2,1-3H3,(H2,15,17). The largest absolute Gasteiger partial charge is 0.399 e. The third kappa shape index (κ3) is 3.57. The summed E-state index contributed by atoms with van der Waals surface area (Å²) in [5, 5.41) is 0. The number of amides is 1. The minimum atomic E-state index is -0.443. The second-order valence-corrected chi connectivity index (χ2v) is 5.37. The number of carbonyl (C=O) groups excluding carboxylic acids is 1.